The molecule has 30 heavy (non-hydrogen) atoms. The third kappa shape index (κ3) is 6.48. The molecule has 9 heteroatoms. The molecule has 1 aliphatic heterocycles. The summed E-state index contributed by atoms with van der Waals surface area (Å²) in [6, 6.07) is 12.9. The second-order valence-corrected chi connectivity index (χ2v) is 7.04. The Labute approximate surface area is 190 Å². The van der Waals surface area contributed by atoms with E-state index in [1.54, 1.807) is 7.05 Å². The Kier molecular flexibility index (Phi) is 8.75. The fourth-order valence-corrected chi connectivity index (χ4v) is 3.48. The van der Waals surface area contributed by atoms with Gasteiger partial charge in [0.2, 0.25) is 0 Å². The highest BCUT2D eigenvalue weighted by Crippen LogP contribution is 2.32. The molecule has 0 aromatic heterocycles. The summed E-state index contributed by atoms with van der Waals surface area (Å²) in [5.41, 5.74) is 0.182. The predicted octanol–water partition coefficient (Wildman–Crippen LogP) is 4.65. The third-order valence-corrected chi connectivity index (χ3v) is 5.01. The normalized spacial score (nSPS) is 16.9. The van der Waals surface area contributed by atoms with Crippen LogP contribution in [0.15, 0.2) is 53.5 Å². The Morgan fingerprint density at radius 1 is 1.13 bits per heavy atom. The first-order chi connectivity index (χ1) is 13.9. The molecule has 1 aliphatic rings. The number of rotatable bonds is 5. The van der Waals surface area contributed by atoms with Gasteiger partial charge in [-0.3, -0.25) is 4.99 Å². The molecule has 0 spiro atoms. The number of aliphatic imine (C=N–C) groups is 1. The average Bonchev–Trinajstić information content (AvgIpc) is 3.18. The highest BCUT2D eigenvalue weighted by atomic mass is 127. The second kappa shape index (κ2) is 10.8. The van der Waals surface area contributed by atoms with E-state index in [-0.39, 0.29) is 36.1 Å². The van der Waals surface area contributed by atoms with Crippen molar-refractivity contribution in [2.45, 2.75) is 19.1 Å². The SMILES string of the molecule is CN=C(NCc1ccc(F)cc1C(F)(F)F)NCC1CCN(c2ccccc2)C1.I. The third-order valence-electron chi connectivity index (χ3n) is 5.01. The molecule has 1 heterocycles. The van der Waals surface area contributed by atoms with Gasteiger partial charge in [-0.25, -0.2) is 4.39 Å². The van der Waals surface area contributed by atoms with Crippen molar-refractivity contribution in [2.75, 3.05) is 31.6 Å². The molecule has 2 aromatic carbocycles. The summed E-state index contributed by atoms with van der Waals surface area (Å²) in [5.74, 6) is -0.0845. The number of anilines is 1. The van der Waals surface area contributed by atoms with Gasteiger partial charge in [-0.1, -0.05) is 24.3 Å². The molecule has 1 atom stereocenters. The number of guanidine groups is 1. The van der Waals surface area contributed by atoms with Crippen molar-refractivity contribution in [2.24, 2.45) is 10.9 Å². The maximum atomic E-state index is 13.2. The minimum atomic E-state index is -4.61. The van der Waals surface area contributed by atoms with Crippen LogP contribution in [0, 0.1) is 11.7 Å². The standard InChI is InChI=1S/C21H24F4N4.HI/c1-26-20(28-13-16-7-8-17(22)11-19(16)21(23,24)25)27-12-15-9-10-29(14-15)18-5-3-2-4-6-18;/h2-8,11,15H,9-10,12-14H2,1H3,(H2,26,27,28);1H. The van der Waals surface area contributed by atoms with Crippen molar-refractivity contribution >= 4 is 35.6 Å². The van der Waals surface area contributed by atoms with E-state index < -0.39 is 17.6 Å². The lowest BCUT2D eigenvalue weighted by molar-refractivity contribution is -0.138. The first-order valence-corrected chi connectivity index (χ1v) is 9.47. The van der Waals surface area contributed by atoms with Gasteiger partial charge in [0, 0.05) is 38.9 Å². The van der Waals surface area contributed by atoms with Gasteiger partial charge < -0.3 is 15.5 Å². The van der Waals surface area contributed by atoms with E-state index in [2.05, 4.69) is 32.7 Å². The van der Waals surface area contributed by atoms with Gasteiger partial charge in [-0.05, 0) is 42.2 Å². The summed E-state index contributed by atoms with van der Waals surface area (Å²) < 4.78 is 52.6. The predicted molar refractivity (Wildman–Crippen MR) is 122 cm³/mol. The lowest BCUT2D eigenvalue weighted by Crippen LogP contribution is -2.40. The second-order valence-electron chi connectivity index (χ2n) is 7.04. The van der Waals surface area contributed by atoms with Crippen molar-refractivity contribution in [3.63, 3.8) is 0 Å². The zero-order valence-corrected chi connectivity index (χ0v) is 18.9. The van der Waals surface area contributed by atoms with Crippen LogP contribution in [0.3, 0.4) is 0 Å². The molecule has 2 N–H and O–H groups in total. The molecule has 1 unspecified atom stereocenters. The number of hydrogen-bond donors (Lipinski definition) is 2. The fourth-order valence-electron chi connectivity index (χ4n) is 3.48. The molecule has 0 bridgehead atoms. The number of alkyl halides is 3. The van der Waals surface area contributed by atoms with Crippen molar-refractivity contribution < 1.29 is 17.6 Å². The van der Waals surface area contributed by atoms with Crippen LogP contribution in [-0.2, 0) is 12.7 Å². The number of nitrogens with one attached hydrogen (secondary N) is 2. The van der Waals surface area contributed by atoms with Crippen LogP contribution >= 0.6 is 24.0 Å². The zero-order valence-electron chi connectivity index (χ0n) is 16.5. The number of halogens is 5. The van der Waals surface area contributed by atoms with E-state index in [4.69, 9.17) is 0 Å². The molecule has 2 aromatic rings. The van der Waals surface area contributed by atoms with Crippen LogP contribution in [-0.4, -0.2) is 32.6 Å². The summed E-state index contributed by atoms with van der Waals surface area (Å²) in [4.78, 5) is 6.39. The Balaban J connectivity index is 0.00000320. The molecular formula is C21H25F4IN4. The molecule has 0 saturated carbocycles. The number of benzene rings is 2. The summed E-state index contributed by atoms with van der Waals surface area (Å²) in [7, 11) is 1.57. The maximum Gasteiger partial charge on any atom is 0.416 e. The summed E-state index contributed by atoms with van der Waals surface area (Å²) in [6.07, 6.45) is -3.59. The molecular weight excluding hydrogens is 511 g/mol. The minimum absolute atomic E-state index is 0. The van der Waals surface area contributed by atoms with Gasteiger partial charge in [0.1, 0.15) is 5.82 Å². The first kappa shape index (κ1) is 24.2. The molecule has 0 radical (unpaired) electrons. The molecule has 1 saturated heterocycles. The van der Waals surface area contributed by atoms with E-state index in [1.807, 2.05) is 18.2 Å². The zero-order chi connectivity index (χ0) is 20.9. The van der Waals surface area contributed by atoms with Crippen molar-refractivity contribution in [3.05, 3.63) is 65.5 Å². The van der Waals surface area contributed by atoms with Crippen molar-refractivity contribution in [1.29, 1.82) is 0 Å². The Morgan fingerprint density at radius 3 is 2.53 bits per heavy atom. The van der Waals surface area contributed by atoms with Crippen molar-refractivity contribution in [1.82, 2.24) is 10.6 Å². The molecule has 164 valence electrons. The van der Waals surface area contributed by atoms with E-state index >= 15 is 0 Å². The van der Waals surface area contributed by atoms with E-state index in [9.17, 15) is 17.6 Å². The van der Waals surface area contributed by atoms with Gasteiger partial charge in [0.05, 0.1) is 5.56 Å². The van der Waals surface area contributed by atoms with Crippen LogP contribution in [0.2, 0.25) is 0 Å². The van der Waals surface area contributed by atoms with Crippen molar-refractivity contribution in [3.8, 4) is 0 Å². The summed E-state index contributed by atoms with van der Waals surface area (Å²) >= 11 is 0. The Hall–Kier alpha value is -2.04. The highest BCUT2D eigenvalue weighted by molar-refractivity contribution is 14.0. The topological polar surface area (TPSA) is 39.7 Å². The average molecular weight is 536 g/mol. The summed E-state index contributed by atoms with van der Waals surface area (Å²) in [6.45, 7) is 2.44. The minimum Gasteiger partial charge on any atom is -0.371 e. The largest absolute Gasteiger partial charge is 0.416 e. The van der Waals surface area contributed by atoms with Gasteiger partial charge in [-0.15, -0.1) is 24.0 Å². The highest BCUT2D eigenvalue weighted by Gasteiger charge is 2.33. The van der Waals surface area contributed by atoms with Gasteiger partial charge >= 0.3 is 6.18 Å². The molecule has 3 rings (SSSR count). The molecule has 4 nitrogen and oxygen atoms in total. The fraction of sp³-hybridized carbons (Fsp3) is 0.381. The van der Waals surface area contributed by atoms with Gasteiger partial charge in [0.25, 0.3) is 0 Å². The van der Waals surface area contributed by atoms with Crippen LogP contribution in [0.4, 0.5) is 23.2 Å². The van der Waals surface area contributed by atoms with Crippen LogP contribution in [0.1, 0.15) is 17.5 Å². The van der Waals surface area contributed by atoms with Gasteiger partial charge in [0.15, 0.2) is 5.96 Å². The smallest absolute Gasteiger partial charge is 0.371 e. The number of nitrogens with zero attached hydrogens (tertiary/aromatic N) is 2. The van der Waals surface area contributed by atoms with E-state index in [1.165, 1.54) is 5.69 Å². The lowest BCUT2D eigenvalue weighted by atomic mass is 10.1. The first-order valence-electron chi connectivity index (χ1n) is 9.47. The Bertz CT molecular complexity index is 843. The quantitative estimate of drug-likeness (QED) is 0.253. The van der Waals surface area contributed by atoms with Crippen LogP contribution in [0.5, 0.6) is 0 Å². The lowest BCUT2D eigenvalue weighted by Gasteiger charge is -2.20. The summed E-state index contributed by atoms with van der Waals surface area (Å²) in [5, 5.41) is 6.07. The molecule has 1 fully saturated rings. The Morgan fingerprint density at radius 2 is 1.87 bits per heavy atom. The number of hydrogen-bond acceptors (Lipinski definition) is 2. The van der Waals surface area contributed by atoms with E-state index in [0.717, 1.165) is 31.6 Å². The monoisotopic (exact) mass is 536 g/mol. The van der Waals surface area contributed by atoms with Gasteiger partial charge in [-0.2, -0.15) is 13.2 Å². The maximum absolute atomic E-state index is 13.2. The number of para-hydroxylation sites is 1. The van der Waals surface area contributed by atoms with Crippen LogP contribution < -0.4 is 15.5 Å². The molecule has 0 amide bonds. The van der Waals surface area contributed by atoms with E-state index in [0.29, 0.717) is 24.5 Å². The molecule has 0 aliphatic carbocycles. The van der Waals surface area contributed by atoms with Crippen LogP contribution in [0.25, 0.3) is 0 Å².